The minimum absolute atomic E-state index is 0.627. The quantitative estimate of drug-likeness (QED) is 0.590. The lowest BCUT2D eigenvalue weighted by molar-refractivity contribution is 0.252. The zero-order valence-corrected chi connectivity index (χ0v) is 11.7. The third-order valence-electron chi connectivity index (χ3n) is 2.01. The first-order chi connectivity index (χ1) is 8.15. The van der Waals surface area contributed by atoms with Crippen LogP contribution in [-0.4, -0.2) is 54.9 Å². The van der Waals surface area contributed by atoms with Crippen LogP contribution in [0.4, 0.5) is 5.82 Å². The Hall–Kier alpha value is -1.01. The lowest BCUT2D eigenvalue weighted by Crippen LogP contribution is -2.19. The molecule has 0 aromatic carbocycles. The van der Waals surface area contributed by atoms with Crippen LogP contribution in [0.2, 0.25) is 0 Å². The van der Waals surface area contributed by atoms with Crippen LogP contribution in [0, 0.1) is 0 Å². The summed E-state index contributed by atoms with van der Waals surface area (Å²) in [5.74, 6) is 1.44. The molecule has 0 aliphatic rings. The Labute approximate surface area is 107 Å². The van der Waals surface area contributed by atoms with E-state index in [9.17, 15) is 0 Å². The fraction of sp³-hybridized carbons (Fsp3) is 0.636. The van der Waals surface area contributed by atoms with E-state index in [1.807, 2.05) is 33.3 Å². The maximum Gasteiger partial charge on any atom is 0.219 e. The van der Waals surface area contributed by atoms with Gasteiger partial charge in [0.1, 0.15) is 12.4 Å². The molecule has 0 aliphatic heterocycles. The molecule has 96 valence electrons. The second-order valence-electron chi connectivity index (χ2n) is 3.76. The lowest BCUT2D eigenvalue weighted by atomic mass is 10.5. The van der Waals surface area contributed by atoms with E-state index in [4.69, 9.17) is 4.74 Å². The molecule has 0 saturated carbocycles. The van der Waals surface area contributed by atoms with Gasteiger partial charge in [-0.3, -0.25) is 0 Å². The third kappa shape index (κ3) is 5.23. The van der Waals surface area contributed by atoms with Crippen LogP contribution in [0.1, 0.15) is 6.92 Å². The molecule has 1 aromatic heterocycles. The summed E-state index contributed by atoms with van der Waals surface area (Å²) in [5.41, 5.74) is 0. The highest BCUT2D eigenvalue weighted by atomic mass is 32.2. The van der Waals surface area contributed by atoms with Gasteiger partial charge in [-0.1, -0.05) is 11.8 Å². The highest BCUT2D eigenvalue weighted by molar-refractivity contribution is 7.98. The maximum absolute atomic E-state index is 5.60. The zero-order chi connectivity index (χ0) is 12.7. The van der Waals surface area contributed by atoms with Gasteiger partial charge in [-0.15, -0.1) is 0 Å². The van der Waals surface area contributed by atoms with E-state index in [2.05, 4.69) is 20.2 Å². The predicted octanol–water partition coefficient (Wildman–Crippen LogP) is 1.57. The average Bonchev–Trinajstić information content (AvgIpc) is 2.28. The Kier molecular flexibility index (Phi) is 6.07. The number of rotatable bonds is 7. The number of thioether (sulfide) groups is 1. The summed E-state index contributed by atoms with van der Waals surface area (Å²) in [7, 11) is 4.03. The van der Waals surface area contributed by atoms with E-state index in [0.29, 0.717) is 12.5 Å². The summed E-state index contributed by atoms with van der Waals surface area (Å²) in [6.45, 7) is 4.37. The van der Waals surface area contributed by atoms with E-state index in [-0.39, 0.29) is 0 Å². The van der Waals surface area contributed by atoms with Crippen LogP contribution in [0.25, 0.3) is 0 Å². The Bertz CT molecular complexity index is 346. The molecule has 1 aromatic rings. The minimum Gasteiger partial charge on any atom is -0.476 e. The first-order valence-corrected chi connectivity index (χ1v) is 6.82. The smallest absolute Gasteiger partial charge is 0.219 e. The maximum atomic E-state index is 5.60. The number of nitrogens with one attached hydrogen (secondary N) is 1. The molecule has 0 spiro atoms. The fourth-order valence-corrected chi connectivity index (χ4v) is 1.54. The first-order valence-electron chi connectivity index (χ1n) is 5.60. The molecule has 0 fully saturated rings. The molecule has 5 nitrogen and oxygen atoms in total. The number of anilines is 1. The number of likely N-dealkylation sites (N-methyl/N-ethyl adjacent to an activating group) is 1. The average molecular weight is 256 g/mol. The van der Waals surface area contributed by atoms with Gasteiger partial charge in [0.25, 0.3) is 0 Å². The number of hydrogen-bond donors (Lipinski definition) is 1. The largest absolute Gasteiger partial charge is 0.476 e. The Morgan fingerprint density at radius 2 is 2.18 bits per heavy atom. The van der Waals surface area contributed by atoms with Crippen LogP contribution < -0.4 is 10.1 Å². The molecule has 1 rings (SSSR count). The van der Waals surface area contributed by atoms with Crippen LogP contribution >= 0.6 is 11.8 Å². The van der Waals surface area contributed by atoms with E-state index < -0.39 is 0 Å². The molecular formula is C11H20N4OS. The van der Waals surface area contributed by atoms with Gasteiger partial charge in [-0.05, 0) is 27.3 Å². The predicted molar refractivity (Wildman–Crippen MR) is 72.0 cm³/mol. The lowest BCUT2D eigenvalue weighted by Gasteiger charge is -2.11. The molecular weight excluding hydrogens is 236 g/mol. The summed E-state index contributed by atoms with van der Waals surface area (Å²) in [6.07, 6.45) is 1.95. The van der Waals surface area contributed by atoms with Crippen molar-refractivity contribution in [3.63, 3.8) is 0 Å². The topological polar surface area (TPSA) is 50.3 Å². The fourth-order valence-electron chi connectivity index (χ4n) is 1.17. The molecule has 6 heteroatoms. The monoisotopic (exact) mass is 256 g/mol. The highest BCUT2D eigenvalue weighted by Gasteiger charge is 2.04. The molecule has 0 amide bonds. The summed E-state index contributed by atoms with van der Waals surface area (Å²) in [6, 6.07) is 1.83. The summed E-state index contributed by atoms with van der Waals surface area (Å²) < 4.78 is 5.60. The van der Waals surface area contributed by atoms with Gasteiger partial charge in [0, 0.05) is 19.2 Å². The second kappa shape index (κ2) is 7.34. The summed E-state index contributed by atoms with van der Waals surface area (Å²) in [4.78, 5) is 10.7. The number of nitrogens with zero attached hydrogens (tertiary/aromatic N) is 3. The van der Waals surface area contributed by atoms with Gasteiger partial charge >= 0.3 is 0 Å². The molecule has 0 saturated heterocycles. The van der Waals surface area contributed by atoms with Gasteiger partial charge in [0.2, 0.25) is 5.88 Å². The van der Waals surface area contributed by atoms with Gasteiger partial charge in [0.05, 0.1) is 0 Å². The van der Waals surface area contributed by atoms with Crippen molar-refractivity contribution in [2.45, 2.75) is 12.1 Å². The molecule has 0 unspecified atom stereocenters. The van der Waals surface area contributed by atoms with Crippen LogP contribution in [-0.2, 0) is 0 Å². The first kappa shape index (κ1) is 14.1. The Balaban J connectivity index is 2.66. The van der Waals surface area contributed by atoms with Gasteiger partial charge < -0.3 is 15.0 Å². The molecule has 0 bridgehead atoms. The van der Waals surface area contributed by atoms with E-state index in [1.165, 1.54) is 11.8 Å². The van der Waals surface area contributed by atoms with E-state index >= 15 is 0 Å². The van der Waals surface area contributed by atoms with Crippen molar-refractivity contribution in [1.82, 2.24) is 14.9 Å². The van der Waals surface area contributed by atoms with Crippen LogP contribution in [0.15, 0.2) is 11.2 Å². The number of aromatic nitrogens is 2. The molecule has 17 heavy (non-hydrogen) atoms. The molecule has 0 radical (unpaired) electrons. The van der Waals surface area contributed by atoms with Crippen molar-refractivity contribution in [3.05, 3.63) is 6.07 Å². The second-order valence-corrected chi connectivity index (χ2v) is 4.53. The van der Waals surface area contributed by atoms with Crippen molar-refractivity contribution in [3.8, 4) is 5.88 Å². The van der Waals surface area contributed by atoms with Crippen LogP contribution in [0.3, 0.4) is 0 Å². The van der Waals surface area contributed by atoms with Crippen molar-refractivity contribution >= 4 is 17.6 Å². The van der Waals surface area contributed by atoms with Crippen molar-refractivity contribution in [2.24, 2.45) is 0 Å². The molecule has 1 N–H and O–H groups in total. The Morgan fingerprint density at radius 1 is 1.41 bits per heavy atom. The van der Waals surface area contributed by atoms with Crippen molar-refractivity contribution < 1.29 is 4.74 Å². The zero-order valence-electron chi connectivity index (χ0n) is 10.9. The SMILES string of the molecule is CCNc1cc(OCCN(C)C)nc(SC)n1. The van der Waals surface area contributed by atoms with E-state index in [0.717, 1.165) is 24.1 Å². The molecule has 0 atom stereocenters. The summed E-state index contributed by atoms with van der Waals surface area (Å²) in [5, 5.41) is 3.89. The minimum atomic E-state index is 0.627. The van der Waals surface area contributed by atoms with Gasteiger partial charge in [-0.25, -0.2) is 4.98 Å². The normalized spacial score (nSPS) is 10.6. The number of hydrogen-bond acceptors (Lipinski definition) is 6. The highest BCUT2D eigenvalue weighted by Crippen LogP contribution is 2.18. The standard InChI is InChI=1S/C11H20N4OS/c1-5-12-9-8-10(14-11(13-9)17-4)16-7-6-15(2)3/h8H,5-7H2,1-4H3,(H,12,13,14). The van der Waals surface area contributed by atoms with Gasteiger partial charge in [0.15, 0.2) is 5.16 Å². The van der Waals surface area contributed by atoms with E-state index in [1.54, 1.807) is 0 Å². The van der Waals surface area contributed by atoms with Crippen molar-refractivity contribution in [2.75, 3.05) is 45.4 Å². The number of ether oxygens (including phenoxy) is 1. The van der Waals surface area contributed by atoms with Crippen molar-refractivity contribution in [1.29, 1.82) is 0 Å². The van der Waals surface area contributed by atoms with Gasteiger partial charge in [-0.2, -0.15) is 4.98 Å². The Morgan fingerprint density at radius 3 is 2.76 bits per heavy atom. The summed E-state index contributed by atoms with van der Waals surface area (Å²) >= 11 is 1.51. The third-order valence-corrected chi connectivity index (χ3v) is 2.56. The molecule has 1 heterocycles. The van der Waals surface area contributed by atoms with Crippen LogP contribution in [0.5, 0.6) is 5.88 Å². The molecule has 0 aliphatic carbocycles.